The summed E-state index contributed by atoms with van der Waals surface area (Å²) >= 11 is 0. The predicted molar refractivity (Wildman–Crippen MR) is 75.4 cm³/mol. The highest BCUT2D eigenvalue weighted by Gasteiger charge is 2.30. The number of aromatic nitrogens is 1. The van der Waals surface area contributed by atoms with Crippen molar-refractivity contribution in [3.05, 3.63) is 36.0 Å². The lowest BCUT2D eigenvalue weighted by molar-refractivity contribution is 0.142. The Kier molecular flexibility index (Phi) is 2.88. The molecule has 3 nitrogen and oxygen atoms in total. The minimum absolute atomic E-state index is 0.235. The monoisotopic (exact) mass is 243 g/mol. The molecule has 2 heterocycles. The van der Waals surface area contributed by atoms with E-state index in [4.69, 9.17) is 5.73 Å². The minimum Gasteiger partial charge on any atom is -0.361 e. The first kappa shape index (κ1) is 11.8. The number of H-pyrrole nitrogens is 1. The fourth-order valence-electron chi connectivity index (χ4n) is 3.00. The van der Waals surface area contributed by atoms with Crippen LogP contribution in [0.3, 0.4) is 0 Å². The van der Waals surface area contributed by atoms with Gasteiger partial charge in [-0.1, -0.05) is 18.2 Å². The topological polar surface area (TPSA) is 45.1 Å². The van der Waals surface area contributed by atoms with Gasteiger partial charge in [-0.05, 0) is 44.5 Å². The number of rotatable bonds is 3. The van der Waals surface area contributed by atoms with Crippen molar-refractivity contribution < 1.29 is 0 Å². The molecule has 0 saturated carbocycles. The van der Waals surface area contributed by atoms with Crippen molar-refractivity contribution in [1.82, 2.24) is 9.88 Å². The van der Waals surface area contributed by atoms with Crippen molar-refractivity contribution in [2.24, 2.45) is 5.73 Å². The largest absolute Gasteiger partial charge is 0.361 e. The fourth-order valence-corrected chi connectivity index (χ4v) is 3.00. The van der Waals surface area contributed by atoms with Gasteiger partial charge in [-0.3, -0.25) is 4.90 Å². The number of nitrogens with zero attached hydrogens (tertiary/aromatic N) is 1. The number of benzene rings is 1. The zero-order valence-corrected chi connectivity index (χ0v) is 10.9. The van der Waals surface area contributed by atoms with E-state index in [1.165, 1.54) is 29.3 Å². The number of nitrogens with two attached hydrogens (primary N) is 1. The van der Waals surface area contributed by atoms with Crippen molar-refractivity contribution in [3.63, 3.8) is 0 Å². The summed E-state index contributed by atoms with van der Waals surface area (Å²) in [6, 6.07) is 8.43. The lowest BCUT2D eigenvalue weighted by Gasteiger charge is -2.35. The number of para-hydroxylation sites is 1. The van der Waals surface area contributed by atoms with Gasteiger partial charge in [0.2, 0.25) is 0 Å². The second-order valence-electron chi connectivity index (χ2n) is 5.59. The van der Waals surface area contributed by atoms with Gasteiger partial charge in [0.1, 0.15) is 0 Å². The van der Waals surface area contributed by atoms with E-state index in [1.54, 1.807) is 0 Å². The Balaban J connectivity index is 1.87. The van der Waals surface area contributed by atoms with Gasteiger partial charge in [0.15, 0.2) is 0 Å². The minimum atomic E-state index is -0.235. The van der Waals surface area contributed by atoms with Gasteiger partial charge in [0, 0.05) is 23.5 Å². The molecular weight excluding hydrogens is 222 g/mol. The summed E-state index contributed by atoms with van der Waals surface area (Å²) in [7, 11) is 0. The maximum atomic E-state index is 6.52. The van der Waals surface area contributed by atoms with E-state index in [9.17, 15) is 0 Å². The molecule has 0 spiro atoms. The molecule has 1 atom stereocenters. The number of aromatic amines is 1. The third-order valence-corrected chi connectivity index (χ3v) is 4.05. The van der Waals surface area contributed by atoms with Crippen LogP contribution in [0, 0.1) is 0 Å². The van der Waals surface area contributed by atoms with Crippen LogP contribution in [0.15, 0.2) is 30.5 Å². The van der Waals surface area contributed by atoms with Gasteiger partial charge >= 0.3 is 0 Å². The van der Waals surface area contributed by atoms with Crippen molar-refractivity contribution in [3.8, 4) is 0 Å². The van der Waals surface area contributed by atoms with Crippen LogP contribution in [-0.2, 0) is 6.42 Å². The molecule has 1 aliphatic heterocycles. The number of nitrogens with one attached hydrogen (secondary N) is 1. The van der Waals surface area contributed by atoms with Crippen molar-refractivity contribution in [1.29, 1.82) is 0 Å². The molecule has 1 aliphatic rings. The van der Waals surface area contributed by atoms with Gasteiger partial charge < -0.3 is 10.7 Å². The molecule has 0 amide bonds. The molecule has 3 N–H and O–H groups in total. The van der Waals surface area contributed by atoms with E-state index >= 15 is 0 Å². The Morgan fingerprint density at radius 2 is 2.00 bits per heavy atom. The quantitative estimate of drug-likeness (QED) is 0.870. The van der Waals surface area contributed by atoms with E-state index < -0.39 is 0 Å². The smallest absolute Gasteiger partial charge is 0.0700 e. The van der Waals surface area contributed by atoms with E-state index in [-0.39, 0.29) is 5.66 Å². The van der Waals surface area contributed by atoms with E-state index in [0.29, 0.717) is 0 Å². The molecule has 3 rings (SSSR count). The zero-order valence-electron chi connectivity index (χ0n) is 10.9. The molecule has 0 aliphatic carbocycles. The SMILES string of the molecule is CC(N)(Cc1c[nH]c2ccccc12)N1CCCC1. The summed E-state index contributed by atoms with van der Waals surface area (Å²) in [5.41, 5.74) is 8.80. The van der Waals surface area contributed by atoms with Crippen molar-refractivity contribution in [2.45, 2.75) is 31.8 Å². The van der Waals surface area contributed by atoms with Gasteiger partial charge in [-0.15, -0.1) is 0 Å². The number of hydrogen-bond donors (Lipinski definition) is 2. The summed E-state index contributed by atoms with van der Waals surface area (Å²) in [6.07, 6.45) is 5.56. The van der Waals surface area contributed by atoms with Crippen LogP contribution in [0.1, 0.15) is 25.3 Å². The van der Waals surface area contributed by atoms with Gasteiger partial charge in [0.25, 0.3) is 0 Å². The molecule has 3 heteroatoms. The van der Waals surface area contributed by atoms with Crippen LogP contribution in [0.5, 0.6) is 0 Å². The molecule has 1 unspecified atom stereocenters. The Bertz CT molecular complexity index is 535. The Morgan fingerprint density at radius 1 is 1.28 bits per heavy atom. The Morgan fingerprint density at radius 3 is 2.78 bits per heavy atom. The van der Waals surface area contributed by atoms with Crippen LogP contribution >= 0.6 is 0 Å². The maximum absolute atomic E-state index is 6.52. The molecule has 96 valence electrons. The standard InChI is InChI=1S/C15H21N3/c1-15(16,18-8-4-5-9-18)10-12-11-17-14-7-3-2-6-13(12)14/h2-3,6-7,11,17H,4-5,8-10,16H2,1H3. The number of likely N-dealkylation sites (tertiary alicyclic amines) is 1. The predicted octanol–water partition coefficient (Wildman–Crippen LogP) is 2.48. The molecule has 1 aromatic carbocycles. The first-order valence-corrected chi connectivity index (χ1v) is 6.76. The highest BCUT2D eigenvalue weighted by atomic mass is 15.3. The molecule has 0 bridgehead atoms. The summed E-state index contributed by atoms with van der Waals surface area (Å²) in [6.45, 7) is 4.42. The van der Waals surface area contributed by atoms with E-state index in [2.05, 4.69) is 47.3 Å². The molecule has 1 saturated heterocycles. The third-order valence-electron chi connectivity index (χ3n) is 4.05. The molecule has 0 radical (unpaired) electrons. The van der Waals surface area contributed by atoms with Crippen LogP contribution in [-0.4, -0.2) is 28.6 Å². The second-order valence-corrected chi connectivity index (χ2v) is 5.59. The summed E-state index contributed by atoms with van der Waals surface area (Å²) in [4.78, 5) is 5.74. The number of hydrogen-bond acceptors (Lipinski definition) is 2. The first-order valence-electron chi connectivity index (χ1n) is 6.76. The number of fused-ring (bicyclic) bond motifs is 1. The molecule has 2 aromatic rings. The fraction of sp³-hybridized carbons (Fsp3) is 0.467. The van der Waals surface area contributed by atoms with Gasteiger partial charge in [0.05, 0.1) is 5.66 Å². The molecule has 18 heavy (non-hydrogen) atoms. The summed E-state index contributed by atoms with van der Waals surface area (Å²) in [5.74, 6) is 0. The average molecular weight is 243 g/mol. The average Bonchev–Trinajstić information content (AvgIpc) is 2.99. The van der Waals surface area contributed by atoms with Gasteiger partial charge in [-0.2, -0.15) is 0 Å². The van der Waals surface area contributed by atoms with Crippen LogP contribution in [0.4, 0.5) is 0 Å². The Labute approximate surface area is 108 Å². The van der Waals surface area contributed by atoms with Crippen LogP contribution in [0.2, 0.25) is 0 Å². The first-order chi connectivity index (χ1) is 8.67. The van der Waals surface area contributed by atoms with Crippen LogP contribution < -0.4 is 5.73 Å². The zero-order chi connectivity index (χ0) is 12.6. The molecule has 1 aromatic heterocycles. The van der Waals surface area contributed by atoms with E-state index in [1.807, 2.05) is 0 Å². The normalized spacial score (nSPS) is 20.3. The molecular formula is C15H21N3. The lowest BCUT2D eigenvalue weighted by Crippen LogP contribution is -2.53. The summed E-state index contributed by atoms with van der Waals surface area (Å²) < 4.78 is 0. The van der Waals surface area contributed by atoms with Gasteiger partial charge in [-0.25, -0.2) is 0 Å². The Hall–Kier alpha value is -1.32. The maximum Gasteiger partial charge on any atom is 0.0700 e. The van der Waals surface area contributed by atoms with Crippen molar-refractivity contribution in [2.75, 3.05) is 13.1 Å². The molecule has 1 fully saturated rings. The highest BCUT2D eigenvalue weighted by molar-refractivity contribution is 5.83. The third kappa shape index (κ3) is 2.04. The van der Waals surface area contributed by atoms with Crippen molar-refractivity contribution >= 4 is 10.9 Å². The highest BCUT2D eigenvalue weighted by Crippen LogP contribution is 2.25. The summed E-state index contributed by atoms with van der Waals surface area (Å²) in [5, 5.41) is 1.30. The van der Waals surface area contributed by atoms with E-state index in [0.717, 1.165) is 19.5 Å². The second kappa shape index (κ2) is 4.41. The lowest BCUT2D eigenvalue weighted by atomic mass is 10.00. The van der Waals surface area contributed by atoms with Crippen LogP contribution in [0.25, 0.3) is 10.9 Å².